The molecule has 2 fully saturated rings. The average molecular weight is 569 g/mol. The molecule has 0 bridgehead atoms. The lowest BCUT2D eigenvalue weighted by atomic mass is 9.88. The maximum absolute atomic E-state index is 13.8. The lowest BCUT2D eigenvalue weighted by Crippen LogP contribution is -2.79. The number of rotatable bonds is 7. The van der Waals surface area contributed by atoms with Crippen LogP contribution in [0.4, 0.5) is 32.0 Å². The van der Waals surface area contributed by atoms with Gasteiger partial charge < -0.3 is 15.2 Å². The van der Waals surface area contributed by atoms with Gasteiger partial charge in [0.2, 0.25) is 18.5 Å². The first-order valence-electron chi connectivity index (χ1n) is 13.0. The highest BCUT2D eigenvalue weighted by atomic mass is 19.4. The Morgan fingerprint density at radius 3 is 2.38 bits per heavy atom. The summed E-state index contributed by atoms with van der Waals surface area (Å²) in [4.78, 5) is 7.76. The van der Waals surface area contributed by atoms with Gasteiger partial charge in [-0.25, -0.2) is 4.90 Å². The van der Waals surface area contributed by atoms with Gasteiger partial charge in [-0.1, -0.05) is 26.2 Å². The van der Waals surface area contributed by atoms with E-state index < -0.39 is 36.4 Å². The molecule has 9 nitrogen and oxygen atoms in total. The summed E-state index contributed by atoms with van der Waals surface area (Å²) < 4.78 is 89.3. The molecule has 1 saturated carbocycles. The second-order valence-electron chi connectivity index (χ2n) is 10.4. The lowest BCUT2D eigenvalue weighted by molar-refractivity contribution is -0.977. The summed E-state index contributed by atoms with van der Waals surface area (Å²) in [7, 11) is 0. The van der Waals surface area contributed by atoms with Crippen molar-refractivity contribution in [2.75, 3.05) is 37.9 Å². The zero-order valence-corrected chi connectivity index (χ0v) is 21.7. The number of aliphatic imine (C=N–C) groups is 1. The van der Waals surface area contributed by atoms with Gasteiger partial charge in [0.1, 0.15) is 12.3 Å². The van der Waals surface area contributed by atoms with Gasteiger partial charge in [0.25, 0.3) is 0 Å². The van der Waals surface area contributed by atoms with E-state index in [1.165, 1.54) is 4.90 Å². The topological polar surface area (TPSA) is 115 Å². The van der Waals surface area contributed by atoms with E-state index in [-0.39, 0.29) is 28.1 Å². The van der Waals surface area contributed by atoms with Crippen LogP contribution in [0, 0.1) is 5.92 Å². The van der Waals surface area contributed by atoms with E-state index in [9.17, 15) is 26.3 Å². The number of ether oxygens (including phenoxy) is 2. The highest BCUT2D eigenvalue weighted by Crippen LogP contribution is 2.42. The largest absolute Gasteiger partial charge is 0.573 e. The number of quaternary nitrogens is 1. The van der Waals surface area contributed by atoms with Crippen LogP contribution in [0.3, 0.4) is 0 Å². The second kappa shape index (κ2) is 11.3. The van der Waals surface area contributed by atoms with Crippen LogP contribution >= 0.6 is 0 Å². The van der Waals surface area contributed by atoms with Crippen LogP contribution in [0.15, 0.2) is 23.2 Å². The number of benzene rings is 1. The third kappa shape index (κ3) is 6.37. The Morgan fingerprint density at radius 2 is 1.77 bits per heavy atom. The van der Waals surface area contributed by atoms with Gasteiger partial charge in [-0.05, 0) is 37.6 Å². The van der Waals surface area contributed by atoms with Crippen molar-refractivity contribution in [2.24, 2.45) is 28.1 Å². The third-order valence-electron chi connectivity index (χ3n) is 7.97. The summed E-state index contributed by atoms with van der Waals surface area (Å²) in [5.41, 5.74) is 17.9. The Bertz CT molecular complexity index is 1030. The minimum absolute atomic E-state index is 0.0120. The molecule has 15 heteroatoms. The molecule has 1 saturated heterocycles. The molecule has 4 unspecified atom stereocenters. The Labute approximate surface area is 223 Å². The summed E-state index contributed by atoms with van der Waals surface area (Å²) in [5.74, 6) is -1.33. The van der Waals surface area contributed by atoms with E-state index >= 15 is 0 Å². The number of nitrogens with zero attached hydrogens (tertiary/aromatic N) is 4. The van der Waals surface area contributed by atoms with Crippen molar-refractivity contribution in [3.05, 3.63) is 23.8 Å². The fraction of sp³-hybridized carbons (Fsp3) is 0.708. The zero-order chi connectivity index (χ0) is 28.6. The number of guanidine groups is 1. The number of hydrogen-bond acceptors (Lipinski definition) is 8. The molecule has 6 N–H and O–H groups in total. The first-order chi connectivity index (χ1) is 18.2. The number of likely N-dealkylation sites (N-methyl/N-ethyl adjacent to an activating group) is 1. The fourth-order valence-corrected chi connectivity index (χ4v) is 6.01. The van der Waals surface area contributed by atoms with Crippen molar-refractivity contribution < 1.29 is 40.3 Å². The monoisotopic (exact) mass is 568 g/mol. The van der Waals surface area contributed by atoms with Gasteiger partial charge in [-0.2, -0.15) is 18.2 Å². The first kappa shape index (κ1) is 29.6. The molecule has 4 rings (SSSR count). The van der Waals surface area contributed by atoms with Gasteiger partial charge in [0.15, 0.2) is 0 Å². The normalized spacial score (nSPS) is 29.5. The Kier molecular flexibility index (Phi) is 8.57. The fourth-order valence-electron chi connectivity index (χ4n) is 6.01. The molecule has 1 aliphatic carbocycles. The van der Waals surface area contributed by atoms with Gasteiger partial charge >= 0.3 is 12.5 Å². The smallest absolute Gasteiger partial charge is 0.405 e. The molecule has 3 aliphatic rings. The van der Waals surface area contributed by atoms with Crippen LogP contribution < -0.4 is 26.8 Å². The molecule has 2 heterocycles. The minimum atomic E-state index is -5.31. The van der Waals surface area contributed by atoms with Crippen LogP contribution in [-0.2, 0) is 10.9 Å². The minimum Gasteiger partial charge on any atom is -0.405 e. The lowest BCUT2D eigenvalue weighted by Gasteiger charge is -2.54. The number of alkyl halides is 6. The molecule has 0 aromatic heterocycles. The van der Waals surface area contributed by atoms with Gasteiger partial charge in [-0.15, -0.1) is 13.2 Å². The van der Waals surface area contributed by atoms with Crippen molar-refractivity contribution in [2.45, 2.75) is 70.2 Å². The molecule has 1 aromatic rings. The number of anilines is 1. The predicted octanol–water partition coefficient (Wildman–Crippen LogP) is 3.30. The second-order valence-corrected chi connectivity index (χ2v) is 10.4. The predicted molar refractivity (Wildman–Crippen MR) is 132 cm³/mol. The van der Waals surface area contributed by atoms with Crippen LogP contribution in [0.1, 0.15) is 44.6 Å². The maximum atomic E-state index is 13.8. The van der Waals surface area contributed by atoms with Gasteiger partial charge in [-0.3, -0.25) is 20.9 Å². The molecule has 2 aliphatic heterocycles. The van der Waals surface area contributed by atoms with E-state index in [0.717, 1.165) is 38.2 Å². The highest BCUT2D eigenvalue weighted by molar-refractivity contribution is 5.95. The summed E-state index contributed by atoms with van der Waals surface area (Å²) in [5, 5.41) is 0. The Morgan fingerprint density at radius 1 is 1.08 bits per heavy atom. The van der Waals surface area contributed by atoms with Crippen LogP contribution in [-0.4, -0.2) is 73.3 Å². The van der Waals surface area contributed by atoms with Crippen molar-refractivity contribution in [3.8, 4) is 5.75 Å². The van der Waals surface area contributed by atoms with Crippen molar-refractivity contribution in [1.29, 1.82) is 0 Å². The summed E-state index contributed by atoms with van der Waals surface area (Å²) in [6.45, 7) is 4.49. The standard InChI is InChI=1S/C24H36F6N7O2/c1-2-35-14-38-13-17(35)12-37(11-15-6-4-3-5-7-15)21(32)34-20(31)36(22(37)33)16-8-9-19(39-24(28,29)30)18(10-16)23(25,26)27/h8-10,15,17,21-22H,2-7,11-14,32-33H2,1H3,(H2,31,34)/q+1. The summed E-state index contributed by atoms with van der Waals surface area (Å²) in [6, 6.07) is 2.15. The van der Waals surface area contributed by atoms with E-state index in [1.54, 1.807) is 0 Å². The third-order valence-corrected chi connectivity index (χ3v) is 7.97. The Hall–Kier alpha value is -2.33. The highest BCUT2D eigenvalue weighted by Gasteiger charge is 2.52. The maximum Gasteiger partial charge on any atom is 0.573 e. The number of hydrogen-bond donors (Lipinski definition) is 3. The quantitative estimate of drug-likeness (QED) is 0.342. The van der Waals surface area contributed by atoms with Gasteiger partial charge in [0, 0.05) is 5.92 Å². The van der Waals surface area contributed by atoms with E-state index in [2.05, 4.69) is 14.6 Å². The molecule has 4 atom stereocenters. The van der Waals surface area contributed by atoms with Crippen LogP contribution in [0.25, 0.3) is 0 Å². The molecule has 0 amide bonds. The number of halogens is 6. The molecular formula is C24H36F6N7O2+. The molecule has 39 heavy (non-hydrogen) atoms. The van der Waals surface area contributed by atoms with E-state index in [1.807, 2.05) is 6.92 Å². The average Bonchev–Trinajstić information content (AvgIpc) is 3.29. The summed E-state index contributed by atoms with van der Waals surface area (Å²) >= 11 is 0. The van der Waals surface area contributed by atoms with Gasteiger partial charge in [0.05, 0.1) is 37.2 Å². The van der Waals surface area contributed by atoms with Crippen molar-refractivity contribution >= 4 is 11.6 Å². The molecular weight excluding hydrogens is 532 g/mol. The van der Waals surface area contributed by atoms with Crippen molar-refractivity contribution in [1.82, 2.24) is 4.90 Å². The SMILES string of the molecule is CCN1COCC1C[N+]1(CC2CCCCC2)C(N)N=C(N)N(c2ccc(OC(F)(F)F)c(C(F)(F)F)c2)C1N. The first-order valence-corrected chi connectivity index (χ1v) is 13.0. The van der Waals surface area contributed by atoms with E-state index in [0.29, 0.717) is 45.1 Å². The number of nitrogens with two attached hydrogens (primary N) is 3. The zero-order valence-electron chi connectivity index (χ0n) is 21.7. The molecule has 1 aromatic carbocycles. The Balaban J connectivity index is 1.77. The van der Waals surface area contributed by atoms with Crippen LogP contribution in [0.5, 0.6) is 5.75 Å². The van der Waals surface area contributed by atoms with Crippen molar-refractivity contribution in [3.63, 3.8) is 0 Å². The summed E-state index contributed by atoms with van der Waals surface area (Å²) in [6.07, 6.45) is -7.27. The molecule has 0 radical (unpaired) electrons. The van der Waals surface area contributed by atoms with E-state index in [4.69, 9.17) is 21.9 Å². The van der Waals surface area contributed by atoms with Crippen LogP contribution in [0.2, 0.25) is 0 Å². The molecule has 220 valence electrons. The molecule has 0 spiro atoms.